The molecule has 0 saturated carbocycles. The molecule has 2 saturated heterocycles. The summed E-state index contributed by atoms with van der Waals surface area (Å²) in [4.78, 5) is 17.5. The zero-order valence-electron chi connectivity index (χ0n) is 16.0. The number of carbonyl (C=O) groups excluding carboxylic acids is 1. The molecule has 2 aliphatic rings. The lowest BCUT2D eigenvalue weighted by molar-refractivity contribution is 0.0484. The Bertz CT molecular complexity index is 618. The van der Waals surface area contributed by atoms with Gasteiger partial charge >= 0.3 is 0 Å². The average Bonchev–Trinajstić information content (AvgIpc) is 2.93. The highest BCUT2D eigenvalue weighted by Gasteiger charge is 2.36. The number of amides is 1. The number of aromatic hydroxyl groups is 1. The zero-order chi connectivity index (χ0) is 18.1. The van der Waals surface area contributed by atoms with E-state index in [4.69, 9.17) is 0 Å². The molecule has 1 aromatic rings. The van der Waals surface area contributed by atoms with Crippen LogP contribution in [0.15, 0.2) is 18.2 Å². The van der Waals surface area contributed by atoms with Crippen molar-refractivity contribution in [2.24, 2.45) is 0 Å². The van der Waals surface area contributed by atoms with Crippen LogP contribution in [0.1, 0.15) is 75.2 Å². The predicted octanol–water partition coefficient (Wildman–Crippen LogP) is 3.99. The number of hydrogen-bond donors (Lipinski definition) is 1. The van der Waals surface area contributed by atoms with Gasteiger partial charge in [0.1, 0.15) is 5.75 Å². The van der Waals surface area contributed by atoms with Crippen molar-refractivity contribution in [1.29, 1.82) is 0 Å². The van der Waals surface area contributed by atoms with Gasteiger partial charge in [0, 0.05) is 31.2 Å². The number of likely N-dealkylation sites (tertiary alicyclic amines) is 2. The minimum atomic E-state index is -0.0305. The SMILES string of the molecule is CC(C)c1ccc(C(=O)N2CCCC(N3C(C)CCC3C)C2)c(O)c1. The number of nitrogens with zero attached hydrogens (tertiary/aromatic N) is 2. The smallest absolute Gasteiger partial charge is 0.257 e. The number of hydrogen-bond acceptors (Lipinski definition) is 3. The zero-order valence-corrected chi connectivity index (χ0v) is 16.0. The van der Waals surface area contributed by atoms with Crippen LogP contribution in [0.2, 0.25) is 0 Å². The summed E-state index contributed by atoms with van der Waals surface area (Å²) in [5.41, 5.74) is 1.50. The van der Waals surface area contributed by atoms with Crippen molar-refractivity contribution in [2.75, 3.05) is 13.1 Å². The molecule has 3 unspecified atom stereocenters. The third-order valence-corrected chi connectivity index (χ3v) is 6.04. The van der Waals surface area contributed by atoms with Crippen LogP contribution in [0, 0.1) is 0 Å². The van der Waals surface area contributed by atoms with Crippen LogP contribution in [0.25, 0.3) is 0 Å². The topological polar surface area (TPSA) is 43.8 Å². The lowest BCUT2D eigenvalue weighted by Gasteiger charge is -2.41. The molecule has 4 heteroatoms. The fourth-order valence-corrected chi connectivity index (χ4v) is 4.58. The first kappa shape index (κ1) is 18.2. The van der Waals surface area contributed by atoms with Gasteiger partial charge in [-0.2, -0.15) is 0 Å². The first-order valence-corrected chi connectivity index (χ1v) is 9.78. The Kier molecular flexibility index (Phi) is 5.38. The Morgan fingerprint density at radius 3 is 2.44 bits per heavy atom. The second-order valence-electron chi connectivity index (χ2n) is 8.20. The van der Waals surface area contributed by atoms with Crippen LogP contribution in [-0.2, 0) is 0 Å². The maximum atomic E-state index is 13.0. The van der Waals surface area contributed by atoms with Gasteiger partial charge < -0.3 is 10.0 Å². The highest BCUT2D eigenvalue weighted by molar-refractivity contribution is 5.97. The fourth-order valence-electron chi connectivity index (χ4n) is 4.58. The van der Waals surface area contributed by atoms with Crippen molar-refractivity contribution >= 4 is 5.91 Å². The van der Waals surface area contributed by atoms with Crippen molar-refractivity contribution in [3.8, 4) is 5.75 Å². The standard InChI is InChI=1S/C21H32N2O2/c1-14(2)17-9-10-19(20(24)12-17)21(25)22-11-5-6-18(13-22)23-15(3)7-8-16(23)4/h9-10,12,14-16,18,24H,5-8,11,13H2,1-4H3. The minimum Gasteiger partial charge on any atom is -0.507 e. The van der Waals surface area contributed by atoms with E-state index in [-0.39, 0.29) is 11.7 Å². The summed E-state index contributed by atoms with van der Waals surface area (Å²) < 4.78 is 0. The van der Waals surface area contributed by atoms with Crippen molar-refractivity contribution in [3.05, 3.63) is 29.3 Å². The van der Waals surface area contributed by atoms with E-state index in [9.17, 15) is 9.90 Å². The van der Waals surface area contributed by atoms with Gasteiger partial charge in [0.15, 0.2) is 0 Å². The van der Waals surface area contributed by atoms with E-state index < -0.39 is 0 Å². The third-order valence-electron chi connectivity index (χ3n) is 6.04. The Labute approximate surface area is 151 Å². The van der Waals surface area contributed by atoms with Gasteiger partial charge in [0.25, 0.3) is 5.91 Å². The molecule has 1 N–H and O–H groups in total. The lowest BCUT2D eigenvalue weighted by atomic mass is 9.98. The lowest BCUT2D eigenvalue weighted by Crippen LogP contribution is -2.52. The molecule has 2 fully saturated rings. The number of benzene rings is 1. The first-order chi connectivity index (χ1) is 11.9. The van der Waals surface area contributed by atoms with Crippen LogP contribution >= 0.6 is 0 Å². The number of phenols is 1. The van der Waals surface area contributed by atoms with E-state index in [2.05, 4.69) is 32.6 Å². The highest BCUT2D eigenvalue weighted by atomic mass is 16.3. The predicted molar refractivity (Wildman–Crippen MR) is 101 cm³/mol. The van der Waals surface area contributed by atoms with Gasteiger partial charge in [0.05, 0.1) is 5.56 Å². The number of rotatable bonds is 3. The highest BCUT2D eigenvalue weighted by Crippen LogP contribution is 2.31. The van der Waals surface area contributed by atoms with Crippen LogP contribution in [-0.4, -0.2) is 52.0 Å². The quantitative estimate of drug-likeness (QED) is 0.901. The van der Waals surface area contributed by atoms with E-state index in [0.717, 1.165) is 31.5 Å². The van der Waals surface area contributed by atoms with Crippen molar-refractivity contribution in [2.45, 2.75) is 77.4 Å². The normalized spacial score (nSPS) is 27.9. The van der Waals surface area contributed by atoms with Crippen molar-refractivity contribution < 1.29 is 9.90 Å². The largest absolute Gasteiger partial charge is 0.507 e. The molecule has 1 amide bonds. The summed E-state index contributed by atoms with van der Waals surface area (Å²) in [5.74, 6) is 0.422. The Morgan fingerprint density at radius 1 is 1.16 bits per heavy atom. The van der Waals surface area contributed by atoms with E-state index in [1.54, 1.807) is 12.1 Å². The van der Waals surface area contributed by atoms with Gasteiger partial charge in [-0.1, -0.05) is 19.9 Å². The second kappa shape index (κ2) is 7.36. The van der Waals surface area contributed by atoms with E-state index in [1.807, 2.05) is 11.0 Å². The summed E-state index contributed by atoms with van der Waals surface area (Å²) in [7, 11) is 0. The third kappa shape index (κ3) is 3.69. The Hall–Kier alpha value is -1.55. The first-order valence-electron chi connectivity index (χ1n) is 9.78. The molecule has 0 aliphatic carbocycles. The molecule has 0 radical (unpaired) electrons. The molecule has 3 rings (SSSR count). The maximum Gasteiger partial charge on any atom is 0.257 e. The summed E-state index contributed by atoms with van der Waals surface area (Å²) in [5, 5.41) is 10.3. The number of carbonyl (C=O) groups is 1. The molecule has 0 aromatic heterocycles. The average molecular weight is 344 g/mol. The summed E-state index contributed by atoms with van der Waals surface area (Å²) in [6, 6.07) is 7.15. The molecule has 1 aromatic carbocycles. The summed E-state index contributed by atoms with van der Waals surface area (Å²) in [6.07, 6.45) is 4.71. The van der Waals surface area contributed by atoms with Gasteiger partial charge in [-0.15, -0.1) is 0 Å². The molecule has 0 bridgehead atoms. The molecular weight excluding hydrogens is 312 g/mol. The minimum absolute atomic E-state index is 0.0305. The van der Waals surface area contributed by atoms with Gasteiger partial charge in [-0.05, 0) is 63.1 Å². The Balaban J connectivity index is 1.74. The van der Waals surface area contributed by atoms with Gasteiger partial charge in [0.2, 0.25) is 0 Å². The van der Waals surface area contributed by atoms with Crippen LogP contribution < -0.4 is 0 Å². The van der Waals surface area contributed by atoms with E-state index >= 15 is 0 Å². The monoisotopic (exact) mass is 344 g/mol. The maximum absolute atomic E-state index is 13.0. The van der Waals surface area contributed by atoms with Gasteiger partial charge in [-0.3, -0.25) is 9.69 Å². The molecule has 0 spiro atoms. The fraction of sp³-hybridized carbons (Fsp3) is 0.667. The molecular formula is C21H32N2O2. The molecule has 2 aliphatic heterocycles. The molecule has 3 atom stereocenters. The van der Waals surface area contributed by atoms with E-state index in [0.29, 0.717) is 29.6 Å². The van der Waals surface area contributed by atoms with Crippen molar-refractivity contribution in [3.63, 3.8) is 0 Å². The molecule has 138 valence electrons. The van der Waals surface area contributed by atoms with Crippen LogP contribution in [0.5, 0.6) is 5.75 Å². The van der Waals surface area contributed by atoms with Crippen LogP contribution in [0.4, 0.5) is 0 Å². The molecule has 25 heavy (non-hydrogen) atoms. The van der Waals surface area contributed by atoms with Crippen LogP contribution in [0.3, 0.4) is 0 Å². The second-order valence-corrected chi connectivity index (χ2v) is 8.20. The summed E-state index contributed by atoms with van der Waals surface area (Å²) >= 11 is 0. The molecule has 4 nitrogen and oxygen atoms in total. The summed E-state index contributed by atoms with van der Waals surface area (Å²) in [6.45, 7) is 10.4. The Morgan fingerprint density at radius 2 is 1.84 bits per heavy atom. The molecule has 2 heterocycles. The van der Waals surface area contributed by atoms with Gasteiger partial charge in [-0.25, -0.2) is 0 Å². The number of phenolic OH excluding ortho intramolecular Hbond substituents is 1. The number of piperidine rings is 1. The van der Waals surface area contributed by atoms with Crippen molar-refractivity contribution in [1.82, 2.24) is 9.80 Å². The van der Waals surface area contributed by atoms with E-state index in [1.165, 1.54) is 12.8 Å².